The van der Waals surface area contributed by atoms with E-state index >= 15 is 0 Å². The molecule has 0 saturated carbocycles. The molecule has 0 amide bonds. The van der Waals surface area contributed by atoms with Gasteiger partial charge in [0.25, 0.3) is 0 Å². The number of hydrogen-bond acceptors (Lipinski definition) is 2. The second kappa shape index (κ2) is 4.88. The molecule has 88 valence electrons. The van der Waals surface area contributed by atoms with Crippen LogP contribution in [-0.4, -0.2) is 18.8 Å². The van der Waals surface area contributed by atoms with Gasteiger partial charge >= 0.3 is 0 Å². The largest absolute Gasteiger partial charge is 0.497 e. The predicted molar refractivity (Wildman–Crippen MR) is 64.8 cm³/mol. The van der Waals surface area contributed by atoms with Crippen molar-refractivity contribution in [3.05, 3.63) is 29.3 Å². The van der Waals surface area contributed by atoms with Crippen LogP contribution < -0.4 is 4.74 Å². The molecule has 1 N–H and O–H groups in total. The molecule has 2 unspecified atom stereocenters. The second-order valence-corrected chi connectivity index (χ2v) is 4.80. The highest BCUT2D eigenvalue weighted by Gasteiger charge is 2.23. The first kappa shape index (κ1) is 11.5. The van der Waals surface area contributed by atoms with E-state index < -0.39 is 0 Å². The third-order valence-electron chi connectivity index (χ3n) is 3.77. The first-order valence-electron chi connectivity index (χ1n) is 6.01. The first-order valence-corrected chi connectivity index (χ1v) is 6.01. The summed E-state index contributed by atoms with van der Waals surface area (Å²) in [5, 5.41) is 9.21. The van der Waals surface area contributed by atoms with E-state index in [1.54, 1.807) is 7.11 Å². The molecule has 0 aromatic heterocycles. The van der Waals surface area contributed by atoms with Crippen molar-refractivity contribution in [1.29, 1.82) is 0 Å². The molecule has 1 aliphatic rings. The maximum atomic E-state index is 9.21. The van der Waals surface area contributed by atoms with Gasteiger partial charge in [0.2, 0.25) is 0 Å². The van der Waals surface area contributed by atoms with Crippen LogP contribution in [0.4, 0.5) is 0 Å². The summed E-state index contributed by atoms with van der Waals surface area (Å²) in [6.45, 7) is 2.43. The van der Waals surface area contributed by atoms with E-state index in [2.05, 4.69) is 19.1 Å². The molecule has 2 heteroatoms. The molecule has 2 rings (SSSR count). The maximum absolute atomic E-state index is 9.21. The minimum atomic E-state index is 0.296. The minimum Gasteiger partial charge on any atom is -0.497 e. The van der Waals surface area contributed by atoms with Gasteiger partial charge in [-0.2, -0.15) is 0 Å². The van der Waals surface area contributed by atoms with Gasteiger partial charge in [-0.1, -0.05) is 13.0 Å². The number of benzene rings is 1. The van der Waals surface area contributed by atoms with Crippen molar-refractivity contribution in [1.82, 2.24) is 0 Å². The van der Waals surface area contributed by atoms with Gasteiger partial charge in [0.1, 0.15) is 5.75 Å². The molecule has 0 fully saturated rings. The fourth-order valence-electron chi connectivity index (χ4n) is 2.52. The van der Waals surface area contributed by atoms with Gasteiger partial charge in [-0.25, -0.2) is 0 Å². The molecule has 1 aromatic rings. The lowest BCUT2D eigenvalue weighted by molar-refractivity contribution is 0.178. The quantitative estimate of drug-likeness (QED) is 0.847. The molecule has 2 nitrogen and oxygen atoms in total. The summed E-state index contributed by atoms with van der Waals surface area (Å²) in [7, 11) is 1.71. The van der Waals surface area contributed by atoms with Crippen molar-refractivity contribution in [2.45, 2.75) is 26.2 Å². The number of aryl methyl sites for hydroxylation is 1. The number of methoxy groups -OCH3 is 1. The molecule has 16 heavy (non-hydrogen) atoms. The topological polar surface area (TPSA) is 29.5 Å². The van der Waals surface area contributed by atoms with Crippen LogP contribution >= 0.6 is 0 Å². The molecule has 0 bridgehead atoms. The van der Waals surface area contributed by atoms with E-state index in [1.807, 2.05) is 6.07 Å². The van der Waals surface area contributed by atoms with Gasteiger partial charge in [0, 0.05) is 6.61 Å². The Morgan fingerprint density at radius 2 is 2.25 bits per heavy atom. The number of hydrogen-bond donors (Lipinski definition) is 1. The van der Waals surface area contributed by atoms with Crippen molar-refractivity contribution >= 4 is 0 Å². The zero-order valence-electron chi connectivity index (χ0n) is 10.1. The van der Waals surface area contributed by atoms with Crippen LogP contribution in [0, 0.1) is 11.8 Å². The Balaban J connectivity index is 2.18. The molecule has 2 atom stereocenters. The van der Waals surface area contributed by atoms with Crippen molar-refractivity contribution in [2.75, 3.05) is 13.7 Å². The Hall–Kier alpha value is -1.02. The number of aliphatic hydroxyl groups excluding tert-OH is 1. The van der Waals surface area contributed by atoms with Crippen LogP contribution in [0.3, 0.4) is 0 Å². The number of rotatable bonds is 3. The minimum absolute atomic E-state index is 0.296. The summed E-state index contributed by atoms with van der Waals surface area (Å²) < 4.78 is 5.25. The van der Waals surface area contributed by atoms with Crippen molar-refractivity contribution in [2.24, 2.45) is 11.8 Å². The zero-order chi connectivity index (χ0) is 11.5. The predicted octanol–water partition coefficient (Wildman–Crippen LogP) is 2.43. The Morgan fingerprint density at radius 3 is 2.94 bits per heavy atom. The lowest BCUT2D eigenvalue weighted by Gasteiger charge is -2.28. The highest BCUT2D eigenvalue weighted by molar-refractivity contribution is 5.37. The van der Waals surface area contributed by atoms with Crippen LogP contribution in [0.25, 0.3) is 0 Å². The Kier molecular flexibility index (Phi) is 3.49. The second-order valence-electron chi connectivity index (χ2n) is 4.80. The molecule has 0 spiro atoms. The Labute approximate surface area is 97.3 Å². The molecule has 1 aliphatic carbocycles. The summed E-state index contributed by atoms with van der Waals surface area (Å²) in [6, 6.07) is 6.36. The Morgan fingerprint density at radius 1 is 1.44 bits per heavy atom. The number of aliphatic hydroxyl groups is 1. The van der Waals surface area contributed by atoms with Crippen LogP contribution in [-0.2, 0) is 12.8 Å². The molecular formula is C14H20O2. The lowest BCUT2D eigenvalue weighted by atomic mass is 9.78. The van der Waals surface area contributed by atoms with Crippen LogP contribution in [0.1, 0.15) is 24.5 Å². The van der Waals surface area contributed by atoms with Crippen molar-refractivity contribution in [3.8, 4) is 5.75 Å². The lowest BCUT2D eigenvalue weighted by Crippen LogP contribution is -2.23. The van der Waals surface area contributed by atoms with E-state index in [1.165, 1.54) is 17.5 Å². The van der Waals surface area contributed by atoms with Gasteiger partial charge in [-0.05, 0) is 54.4 Å². The zero-order valence-corrected chi connectivity index (χ0v) is 10.1. The molecule has 0 heterocycles. The Bertz CT molecular complexity index is 360. The fraction of sp³-hybridized carbons (Fsp3) is 0.571. The van der Waals surface area contributed by atoms with Crippen LogP contribution in [0.5, 0.6) is 5.75 Å². The maximum Gasteiger partial charge on any atom is 0.119 e. The van der Waals surface area contributed by atoms with E-state index in [4.69, 9.17) is 4.74 Å². The van der Waals surface area contributed by atoms with E-state index in [-0.39, 0.29) is 0 Å². The molecule has 0 radical (unpaired) electrons. The summed E-state index contributed by atoms with van der Waals surface area (Å²) in [5.41, 5.74) is 2.85. The van der Waals surface area contributed by atoms with Gasteiger partial charge in [0.05, 0.1) is 7.11 Å². The monoisotopic (exact) mass is 220 g/mol. The van der Waals surface area contributed by atoms with Crippen LogP contribution in [0.2, 0.25) is 0 Å². The standard InChI is InChI=1S/C14H20O2/c1-10(9-15)12-4-3-11-5-6-14(16-2)8-13(11)7-12/h5-6,8,10,12,15H,3-4,7,9H2,1-2H3. The number of ether oxygens (including phenoxy) is 1. The van der Waals surface area contributed by atoms with E-state index in [9.17, 15) is 5.11 Å². The van der Waals surface area contributed by atoms with E-state index in [0.717, 1.165) is 18.6 Å². The summed E-state index contributed by atoms with van der Waals surface area (Å²) in [4.78, 5) is 0. The van der Waals surface area contributed by atoms with E-state index in [0.29, 0.717) is 18.4 Å². The summed E-state index contributed by atoms with van der Waals surface area (Å²) in [5.74, 6) is 1.96. The van der Waals surface area contributed by atoms with Gasteiger partial charge in [-0.15, -0.1) is 0 Å². The number of fused-ring (bicyclic) bond motifs is 1. The van der Waals surface area contributed by atoms with Gasteiger partial charge < -0.3 is 9.84 Å². The normalized spacial score (nSPS) is 21.3. The average molecular weight is 220 g/mol. The van der Waals surface area contributed by atoms with Gasteiger partial charge in [-0.3, -0.25) is 0 Å². The third kappa shape index (κ3) is 2.22. The first-order chi connectivity index (χ1) is 7.74. The third-order valence-corrected chi connectivity index (χ3v) is 3.77. The SMILES string of the molecule is COc1ccc2c(c1)CC(C(C)CO)CC2. The molecule has 1 aromatic carbocycles. The summed E-state index contributed by atoms with van der Waals surface area (Å²) >= 11 is 0. The highest BCUT2D eigenvalue weighted by Crippen LogP contribution is 2.32. The summed E-state index contributed by atoms with van der Waals surface area (Å²) in [6.07, 6.45) is 3.41. The van der Waals surface area contributed by atoms with Crippen molar-refractivity contribution in [3.63, 3.8) is 0 Å². The molecule has 0 aliphatic heterocycles. The molecular weight excluding hydrogens is 200 g/mol. The highest BCUT2D eigenvalue weighted by atomic mass is 16.5. The van der Waals surface area contributed by atoms with Crippen LogP contribution in [0.15, 0.2) is 18.2 Å². The van der Waals surface area contributed by atoms with Crippen molar-refractivity contribution < 1.29 is 9.84 Å². The smallest absolute Gasteiger partial charge is 0.119 e. The molecule has 0 saturated heterocycles. The fourth-order valence-corrected chi connectivity index (χ4v) is 2.52. The average Bonchev–Trinajstić information content (AvgIpc) is 2.36. The van der Waals surface area contributed by atoms with Gasteiger partial charge in [0.15, 0.2) is 0 Å².